The molecule has 1 aromatic carbocycles. The molecule has 3 N–H and O–H groups in total. The summed E-state index contributed by atoms with van der Waals surface area (Å²) < 4.78 is 0. The molecule has 1 fully saturated rings. The summed E-state index contributed by atoms with van der Waals surface area (Å²) in [4.78, 5) is 1.26. The molecule has 17 heavy (non-hydrogen) atoms. The van der Waals surface area contributed by atoms with E-state index in [9.17, 15) is 0 Å². The minimum absolute atomic E-state index is 0.508. The fraction of sp³-hybridized carbons (Fsp3) is 0.571. The molecule has 1 saturated carbocycles. The summed E-state index contributed by atoms with van der Waals surface area (Å²) in [7, 11) is 0. The predicted octanol–water partition coefficient (Wildman–Crippen LogP) is 3.74. The van der Waals surface area contributed by atoms with Crippen molar-refractivity contribution in [2.75, 3.05) is 23.3 Å². The van der Waals surface area contributed by atoms with E-state index in [0.717, 1.165) is 12.2 Å². The van der Waals surface area contributed by atoms with Crippen LogP contribution < -0.4 is 11.1 Å². The quantitative estimate of drug-likeness (QED) is 0.687. The molecule has 0 radical (unpaired) electrons. The average molecular weight is 248 g/mol. The van der Waals surface area contributed by atoms with Crippen LogP contribution in [-0.2, 0) is 0 Å². The van der Waals surface area contributed by atoms with Crippen LogP contribution in [0.15, 0.2) is 23.1 Å². The molecule has 92 valence electrons. The van der Waals surface area contributed by atoms with Crippen LogP contribution in [-0.4, -0.2) is 12.3 Å². The van der Waals surface area contributed by atoms with Crippen LogP contribution in [0, 0.1) is 5.41 Å². The normalized spacial score (nSPS) is 22.6. The summed E-state index contributed by atoms with van der Waals surface area (Å²) >= 11 is 1.95. The van der Waals surface area contributed by atoms with Gasteiger partial charge in [0.25, 0.3) is 0 Å². The lowest BCUT2D eigenvalue weighted by Crippen LogP contribution is -2.33. The standard InChI is InChI=1S/C14H20N2S/c15-11-5-4-6-12-13(11)17-10-14(9-16-12)7-2-1-3-8-14/h4-6,16H,1-3,7-10,15H2. The van der Waals surface area contributed by atoms with Crippen LogP contribution in [0.25, 0.3) is 0 Å². The number of anilines is 2. The van der Waals surface area contributed by atoms with E-state index in [1.807, 2.05) is 23.9 Å². The van der Waals surface area contributed by atoms with E-state index >= 15 is 0 Å². The minimum atomic E-state index is 0.508. The molecule has 0 amide bonds. The van der Waals surface area contributed by atoms with Crippen molar-refractivity contribution in [1.29, 1.82) is 0 Å². The highest BCUT2D eigenvalue weighted by atomic mass is 32.2. The summed E-state index contributed by atoms with van der Waals surface area (Å²) in [6, 6.07) is 6.20. The Bertz CT molecular complexity index is 411. The van der Waals surface area contributed by atoms with Gasteiger partial charge in [0.1, 0.15) is 0 Å². The van der Waals surface area contributed by atoms with Gasteiger partial charge in [0, 0.05) is 23.7 Å². The van der Waals surface area contributed by atoms with Gasteiger partial charge in [0.05, 0.1) is 4.90 Å². The molecule has 2 aliphatic rings. The lowest BCUT2D eigenvalue weighted by molar-refractivity contribution is 0.241. The number of nitrogens with two attached hydrogens (primary N) is 1. The maximum absolute atomic E-state index is 6.07. The first kappa shape index (κ1) is 11.3. The molecular formula is C14H20N2S. The molecule has 2 nitrogen and oxygen atoms in total. The Balaban J connectivity index is 1.85. The molecule has 1 heterocycles. The highest BCUT2D eigenvalue weighted by Gasteiger charge is 2.34. The van der Waals surface area contributed by atoms with E-state index in [2.05, 4.69) is 11.4 Å². The van der Waals surface area contributed by atoms with Crippen molar-refractivity contribution in [2.24, 2.45) is 5.41 Å². The number of hydrogen-bond acceptors (Lipinski definition) is 3. The molecule has 0 bridgehead atoms. The Kier molecular flexibility index (Phi) is 2.95. The van der Waals surface area contributed by atoms with Crippen molar-refractivity contribution in [1.82, 2.24) is 0 Å². The Morgan fingerprint density at radius 2 is 2.00 bits per heavy atom. The van der Waals surface area contributed by atoms with E-state index in [4.69, 9.17) is 5.73 Å². The third-order valence-electron chi connectivity index (χ3n) is 4.14. The Labute approximate surface area is 107 Å². The van der Waals surface area contributed by atoms with Gasteiger partial charge < -0.3 is 11.1 Å². The van der Waals surface area contributed by atoms with Gasteiger partial charge in [-0.25, -0.2) is 0 Å². The molecule has 0 aromatic heterocycles. The summed E-state index contributed by atoms with van der Waals surface area (Å²) in [5.74, 6) is 1.22. The third kappa shape index (κ3) is 2.13. The number of thioether (sulfide) groups is 1. The number of benzene rings is 1. The third-order valence-corrected chi connectivity index (χ3v) is 5.64. The van der Waals surface area contributed by atoms with Gasteiger partial charge in [0.15, 0.2) is 0 Å². The zero-order valence-corrected chi connectivity index (χ0v) is 11.0. The number of hydrogen-bond donors (Lipinski definition) is 2. The summed E-state index contributed by atoms with van der Waals surface area (Å²) in [5, 5.41) is 3.63. The maximum Gasteiger partial charge on any atom is 0.0534 e. The fourth-order valence-corrected chi connectivity index (χ4v) is 4.41. The molecule has 1 aliphatic carbocycles. The second-order valence-corrected chi connectivity index (χ2v) is 6.41. The van der Waals surface area contributed by atoms with E-state index in [0.29, 0.717) is 5.41 Å². The van der Waals surface area contributed by atoms with Crippen molar-refractivity contribution in [3.05, 3.63) is 18.2 Å². The maximum atomic E-state index is 6.07. The zero-order chi connectivity index (χ0) is 11.7. The van der Waals surface area contributed by atoms with Crippen molar-refractivity contribution in [3.63, 3.8) is 0 Å². The minimum Gasteiger partial charge on any atom is -0.398 e. The van der Waals surface area contributed by atoms with Crippen LogP contribution in [0.4, 0.5) is 11.4 Å². The van der Waals surface area contributed by atoms with Gasteiger partial charge in [-0.1, -0.05) is 25.3 Å². The lowest BCUT2D eigenvalue weighted by Gasteiger charge is -2.35. The zero-order valence-electron chi connectivity index (χ0n) is 10.2. The van der Waals surface area contributed by atoms with Crippen LogP contribution in [0.2, 0.25) is 0 Å². The predicted molar refractivity (Wildman–Crippen MR) is 75.6 cm³/mol. The number of rotatable bonds is 0. The molecule has 3 heteroatoms. The summed E-state index contributed by atoms with van der Waals surface area (Å²) in [5.41, 5.74) is 8.73. The van der Waals surface area contributed by atoms with E-state index in [1.165, 1.54) is 48.4 Å². The van der Waals surface area contributed by atoms with E-state index < -0.39 is 0 Å². The second-order valence-electron chi connectivity index (χ2n) is 5.43. The monoisotopic (exact) mass is 248 g/mol. The van der Waals surface area contributed by atoms with Crippen molar-refractivity contribution in [3.8, 4) is 0 Å². The SMILES string of the molecule is Nc1cccc2c1SCC1(CCCCC1)CN2. The smallest absolute Gasteiger partial charge is 0.0534 e. The van der Waals surface area contributed by atoms with Crippen molar-refractivity contribution in [2.45, 2.75) is 37.0 Å². The molecule has 1 aliphatic heterocycles. The van der Waals surface area contributed by atoms with E-state index in [-0.39, 0.29) is 0 Å². The Hall–Kier alpha value is -0.830. The summed E-state index contributed by atoms with van der Waals surface area (Å²) in [6.07, 6.45) is 6.96. The van der Waals surface area contributed by atoms with Gasteiger partial charge in [0.2, 0.25) is 0 Å². The van der Waals surface area contributed by atoms with Crippen molar-refractivity contribution < 1.29 is 0 Å². The molecule has 0 saturated heterocycles. The summed E-state index contributed by atoms with van der Waals surface area (Å²) in [6.45, 7) is 1.12. The molecular weight excluding hydrogens is 228 g/mol. The van der Waals surface area contributed by atoms with Gasteiger partial charge >= 0.3 is 0 Å². The van der Waals surface area contributed by atoms with Crippen LogP contribution in [0.5, 0.6) is 0 Å². The highest BCUT2D eigenvalue weighted by Crippen LogP contribution is 2.46. The van der Waals surface area contributed by atoms with Gasteiger partial charge in [-0.3, -0.25) is 0 Å². The first-order valence-electron chi connectivity index (χ1n) is 6.54. The average Bonchev–Trinajstić information content (AvgIpc) is 2.53. The second kappa shape index (κ2) is 4.45. The molecule has 3 rings (SSSR count). The fourth-order valence-electron chi connectivity index (χ4n) is 3.04. The number of nitrogens with one attached hydrogen (secondary N) is 1. The largest absolute Gasteiger partial charge is 0.398 e. The lowest BCUT2D eigenvalue weighted by atomic mass is 9.75. The highest BCUT2D eigenvalue weighted by molar-refractivity contribution is 7.99. The van der Waals surface area contributed by atoms with Crippen LogP contribution in [0.1, 0.15) is 32.1 Å². The molecule has 1 spiro atoms. The topological polar surface area (TPSA) is 38.0 Å². The Morgan fingerprint density at radius 3 is 2.82 bits per heavy atom. The van der Waals surface area contributed by atoms with Gasteiger partial charge in [-0.15, -0.1) is 11.8 Å². The first-order valence-corrected chi connectivity index (χ1v) is 7.53. The molecule has 0 unspecified atom stereocenters. The Morgan fingerprint density at radius 1 is 1.18 bits per heavy atom. The first-order chi connectivity index (χ1) is 8.29. The number of nitrogen functional groups attached to an aromatic ring is 1. The molecule has 0 atom stereocenters. The van der Waals surface area contributed by atoms with Gasteiger partial charge in [-0.05, 0) is 30.4 Å². The van der Waals surface area contributed by atoms with Crippen molar-refractivity contribution >= 4 is 23.1 Å². The van der Waals surface area contributed by atoms with Crippen LogP contribution >= 0.6 is 11.8 Å². The van der Waals surface area contributed by atoms with Gasteiger partial charge in [-0.2, -0.15) is 0 Å². The molecule has 1 aromatic rings. The van der Waals surface area contributed by atoms with Crippen LogP contribution in [0.3, 0.4) is 0 Å². The number of fused-ring (bicyclic) bond motifs is 1. The van der Waals surface area contributed by atoms with E-state index in [1.54, 1.807) is 0 Å².